The SMILES string of the molecule is Brc1cccc2c1-c1ccccc1C21c2ccccc2Oc2ccccc21.CC1(C)OB(c2nc(-c3ccc(-c4cccc5ccccc45)cc3)nc(-c3ccc4ccccc4c3)n2)OC1(C)C.c1ccc2c(c1)Oc1ccccc1C21c2ccccc2-c2c(-c3nc(-c4ccc(-c5cccc6ccccc56)cc4)nc(-c4ccc5ccccc5c4)n3)cccc21. The van der Waals surface area contributed by atoms with Crippen LogP contribution in [0.1, 0.15) is 72.2 Å². The van der Waals surface area contributed by atoms with Crippen molar-refractivity contribution >= 4 is 71.9 Å². The number of hydrogen-bond donors (Lipinski definition) is 0. The topological polar surface area (TPSA) is 114 Å². The number of nitrogens with zero attached hydrogens (tertiary/aromatic N) is 6. The number of benzene rings is 18. The first-order valence-electron chi connectivity index (χ1n) is 42.7. The lowest BCUT2D eigenvalue weighted by Crippen LogP contribution is -2.41. The molecule has 25 rings (SSSR count). The molecule has 0 atom stereocenters. The number of aromatic nitrogens is 6. The van der Waals surface area contributed by atoms with Gasteiger partial charge in [-0.25, -0.2) is 29.9 Å². The van der Waals surface area contributed by atoms with Crippen LogP contribution in [0.25, 0.3) is 145 Å². The molecule has 1 saturated heterocycles. The van der Waals surface area contributed by atoms with E-state index in [1.165, 1.54) is 88.0 Å². The fourth-order valence-corrected chi connectivity index (χ4v) is 20.2. The molecule has 0 amide bonds. The number of ether oxygens (including phenoxy) is 2. The van der Waals surface area contributed by atoms with Crippen LogP contribution in [0.5, 0.6) is 23.0 Å². The first kappa shape index (κ1) is 76.0. The van der Waals surface area contributed by atoms with E-state index in [1.807, 2.05) is 64.1 Å². The van der Waals surface area contributed by atoms with Crippen molar-refractivity contribution in [2.75, 3.05) is 0 Å². The monoisotopic (exact) mass is 1680 g/mol. The molecule has 0 N–H and O–H groups in total. The van der Waals surface area contributed by atoms with Crippen molar-refractivity contribution in [1.29, 1.82) is 0 Å². The van der Waals surface area contributed by atoms with E-state index in [-0.39, 0.29) is 5.41 Å². The molecule has 18 aromatic carbocycles. The van der Waals surface area contributed by atoms with Gasteiger partial charge < -0.3 is 18.8 Å². The van der Waals surface area contributed by atoms with Gasteiger partial charge in [0.15, 0.2) is 34.8 Å². The Balaban J connectivity index is 0.000000117. The summed E-state index contributed by atoms with van der Waals surface area (Å²) in [6.07, 6.45) is 0. The van der Waals surface area contributed by atoms with Crippen molar-refractivity contribution < 1.29 is 18.8 Å². The highest BCUT2D eigenvalue weighted by molar-refractivity contribution is 9.10. The normalized spacial score (nSPS) is 14.4. The number of halogens is 1. The molecule has 0 unspecified atom stereocenters. The second kappa shape index (κ2) is 30.3. The quantitative estimate of drug-likeness (QED) is 0.136. The van der Waals surface area contributed by atoms with E-state index in [4.69, 9.17) is 48.7 Å². The summed E-state index contributed by atoms with van der Waals surface area (Å²) in [7, 11) is -0.698. The third-order valence-corrected chi connectivity index (χ3v) is 26.8. The van der Waals surface area contributed by atoms with Crippen LogP contribution >= 0.6 is 15.9 Å². The minimum absolute atomic E-state index is 0.360. The van der Waals surface area contributed by atoms with Crippen LogP contribution in [0.2, 0.25) is 0 Å². The predicted molar refractivity (Wildman–Crippen MR) is 512 cm³/mol. The zero-order chi connectivity index (χ0) is 84.4. The van der Waals surface area contributed by atoms with Crippen LogP contribution in [0.4, 0.5) is 0 Å². The van der Waals surface area contributed by atoms with Gasteiger partial charge in [0, 0.05) is 60.1 Å². The van der Waals surface area contributed by atoms with Crippen molar-refractivity contribution in [2.45, 2.75) is 49.7 Å². The second-order valence-electron chi connectivity index (χ2n) is 33.7. The summed E-state index contributed by atoms with van der Waals surface area (Å²) >= 11 is 3.82. The Hall–Kier alpha value is -14.9. The number of fused-ring (bicyclic) bond motifs is 22. The summed E-state index contributed by atoms with van der Waals surface area (Å²) in [5, 5.41) is 9.50. The Bertz CT molecular complexity index is 7690. The van der Waals surface area contributed by atoms with Gasteiger partial charge in [-0.05, 0) is 174 Å². The molecule has 2 spiro atoms. The molecule has 5 heterocycles. The first-order valence-corrected chi connectivity index (χ1v) is 43.5. The van der Waals surface area contributed by atoms with Gasteiger partial charge in [-0.2, -0.15) is 0 Å². The van der Waals surface area contributed by atoms with Gasteiger partial charge in [-0.1, -0.05) is 374 Å². The Kier molecular flexibility index (Phi) is 18.2. The molecule has 2 aromatic heterocycles. The number of rotatable bonds is 8. The average Bonchev–Trinajstić information content (AvgIpc) is 1.51. The number of hydrogen-bond acceptors (Lipinski definition) is 10. The molecule has 5 aliphatic rings. The lowest BCUT2D eigenvalue weighted by molar-refractivity contribution is 0.00578. The summed E-state index contributed by atoms with van der Waals surface area (Å²) in [6.45, 7) is 8.13. The summed E-state index contributed by atoms with van der Waals surface area (Å²) in [5.74, 6) is 6.63. The molecule has 126 heavy (non-hydrogen) atoms. The third kappa shape index (κ3) is 12.4. The molecule has 10 nitrogen and oxygen atoms in total. The summed E-state index contributed by atoms with van der Waals surface area (Å²) in [6, 6.07) is 141. The van der Waals surface area contributed by atoms with Gasteiger partial charge in [0.1, 0.15) is 23.0 Å². The Labute approximate surface area is 738 Å². The van der Waals surface area contributed by atoms with Crippen molar-refractivity contribution in [3.05, 3.63) is 449 Å². The lowest BCUT2D eigenvalue weighted by Gasteiger charge is -2.39. The molecule has 20 aromatic rings. The van der Waals surface area contributed by atoms with Crippen LogP contribution in [0, 0.1) is 0 Å². The molecule has 12 heteroatoms. The van der Waals surface area contributed by atoms with E-state index in [0.717, 1.165) is 99.4 Å². The smallest absolute Gasteiger partial charge is 0.457 e. The average molecular weight is 1690 g/mol. The summed E-state index contributed by atoms with van der Waals surface area (Å²) < 4.78 is 26.7. The molecule has 598 valence electrons. The maximum Gasteiger partial charge on any atom is 0.534 e. The molecule has 3 aliphatic heterocycles. The molecule has 2 aliphatic carbocycles. The Morgan fingerprint density at radius 2 is 0.532 bits per heavy atom. The van der Waals surface area contributed by atoms with Gasteiger partial charge in [0.2, 0.25) is 0 Å². The van der Waals surface area contributed by atoms with Crippen molar-refractivity contribution in [3.63, 3.8) is 0 Å². The lowest BCUT2D eigenvalue weighted by atomic mass is 9.66. The largest absolute Gasteiger partial charge is 0.534 e. The maximum absolute atomic E-state index is 6.59. The second-order valence-corrected chi connectivity index (χ2v) is 34.6. The minimum atomic E-state index is -0.698. The van der Waals surface area contributed by atoms with Gasteiger partial charge in [0.05, 0.1) is 22.0 Å². The van der Waals surface area contributed by atoms with Crippen LogP contribution < -0.4 is 15.2 Å². The summed E-state index contributed by atoms with van der Waals surface area (Å²) in [5.41, 5.74) is 22.3. The Morgan fingerprint density at radius 1 is 0.230 bits per heavy atom. The molecule has 1 fully saturated rings. The predicted octanol–water partition coefficient (Wildman–Crippen LogP) is 27.7. The third-order valence-electron chi connectivity index (χ3n) is 26.2. The van der Waals surface area contributed by atoms with Crippen molar-refractivity contribution in [1.82, 2.24) is 29.9 Å². The van der Waals surface area contributed by atoms with E-state index in [0.29, 0.717) is 34.8 Å². The summed E-state index contributed by atoms with van der Waals surface area (Å²) in [4.78, 5) is 30.6. The zero-order valence-electron chi connectivity index (χ0n) is 69.4. The van der Waals surface area contributed by atoms with Gasteiger partial charge in [-0.3, -0.25) is 0 Å². The maximum atomic E-state index is 6.59. The van der Waals surface area contributed by atoms with E-state index >= 15 is 0 Å². The number of para-hydroxylation sites is 4. The van der Waals surface area contributed by atoms with Crippen LogP contribution in [-0.4, -0.2) is 48.2 Å². The van der Waals surface area contributed by atoms with Gasteiger partial charge >= 0.3 is 7.12 Å². The highest BCUT2D eigenvalue weighted by atomic mass is 79.9. The molecule has 0 radical (unpaired) electrons. The molecular weight excluding hydrogens is 1610 g/mol. The highest BCUT2D eigenvalue weighted by Gasteiger charge is 2.55. The Morgan fingerprint density at radius 3 is 1.00 bits per heavy atom. The van der Waals surface area contributed by atoms with Crippen LogP contribution in [0.15, 0.2) is 405 Å². The molecule has 0 saturated carbocycles. The minimum Gasteiger partial charge on any atom is -0.457 e. The van der Waals surface area contributed by atoms with E-state index in [9.17, 15) is 0 Å². The fraction of sp³-hybridized carbons (Fsp3) is 0.0702. The molecular formula is C114H78BBrN6O4. The van der Waals surface area contributed by atoms with Crippen LogP contribution in [0.3, 0.4) is 0 Å². The molecule has 0 bridgehead atoms. The van der Waals surface area contributed by atoms with E-state index in [2.05, 4.69) is 380 Å². The zero-order valence-corrected chi connectivity index (χ0v) is 71.0. The van der Waals surface area contributed by atoms with Crippen LogP contribution in [-0.2, 0) is 20.1 Å². The van der Waals surface area contributed by atoms with Crippen molar-refractivity contribution in [3.8, 4) is 124 Å². The first-order chi connectivity index (χ1) is 61.8. The van der Waals surface area contributed by atoms with E-state index < -0.39 is 23.7 Å². The van der Waals surface area contributed by atoms with E-state index in [1.54, 1.807) is 0 Å². The van der Waals surface area contributed by atoms with Crippen molar-refractivity contribution in [2.24, 2.45) is 0 Å². The highest BCUT2D eigenvalue weighted by Crippen LogP contribution is 2.65. The standard InChI is InChI=1S/C54H33N3O.C35H30BN3O2.C25H15BrO/c1-2-15-38-33-39(32-27-34(38)13-1)52-55-51(37-30-28-36(29-31-37)41-19-11-16-35-14-3-4-17-40(35)41)56-53(57-52)43-20-12-24-47-50(43)42-18-5-6-21-44(42)54(47)45-22-7-9-25-48(45)58-49-26-10-8-23-46(49)54;1-34(2)35(3,4)41-36(40-34)33-38-31(37-32(39-33)28-21-16-23-10-5-6-12-27(23)22-28)26-19-17-25(18-20-26)30-15-9-13-24-11-7-8-14-29(24)30;26-21-13-7-12-20-24(21)16-8-1-2-9-17(16)25(20)18-10-3-5-14-22(18)27-23-15-6-4-11-19(23)25/h1-33H;5-22H,1-4H3;1-15H. The van der Waals surface area contributed by atoms with Gasteiger partial charge in [0.25, 0.3) is 0 Å². The van der Waals surface area contributed by atoms with Gasteiger partial charge in [-0.15, -0.1) is 0 Å². The fourth-order valence-electron chi connectivity index (χ4n) is 19.6.